The average molecular weight is 310 g/mol. The van der Waals surface area contributed by atoms with E-state index in [1.165, 1.54) is 6.08 Å². The molecule has 2 amide bonds. The highest BCUT2D eigenvalue weighted by atomic mass is 16.5. The van der Waals surface area contributed by atoms with Crippen molar-refractivity contribution in [2.45, 2.75) is 6.92 Å². The standard InChI is InChI=1S/C18H18N2O3/c1-13-8-10-16(23-2)15(12-13)9-11-17(21)19-20-18(22)14-6-4-3-5-7-14/h3-12H,1-2H3,(H,19,21)(H,20,22)/b11-9+. The van der Waals surface area contributed by atoms with Gasteiger partial charge in [-0.1, -0.05) is 29.8 Å². The van der Waals surface area contributed by atoms with Crippen molar-refractivity contribution in [3.05, 3.63) is 71.3 Å². The first-order valence-electron chi connectivity index (χ1n) is 7.08. The molecule has 0 spiro atoms. The van der Waals surface area contributed by atoms with E-state index in [0.717, 1.165) is 11.1 Å². The molecule has 0 saturated heterocycles. The number of benzene rings is 2. The highest BCUT2D eigenvalue weighted by Crippen LogP contribution is 2.20. The Morgan fingerprint density at radius 3 is 2.48 bits per heavy atom. The number of carbonyl (C=O) groups excluding carboxylic acids is 2. The largest absolute Gasteiger partial charge is 0.496 e. The van der Waals surface area contributed by atoms with Crippen LogP contribution < -0.4 is 15.6 Å². The van der Waals surface area contributed by atoms with Gasteiger partial charge in [0.05, 0.1) is 7.11 Å². The summed E-state index contributed by atoms with van der Waals surface area (Å²) in [5.41, 5.74) is 7.01. The van der Waals surface area contributed by atoms with Crippen LogP contribution in [-0.2, 0) is 4.79 Å². The molecule has 23 heavy (non-hydrogen) atoms. The van der Waals surface area contributed by atoms with Crippen LogP contribution in [0.4, 0.5) is 0 Å². The molecule has 5 nitrogen and oxygen atoms in total. The van der Waals surface area contributed by atoms with Gasteiger partial charge in [-0.25, -0.2) is 0 Å². The fourth-order valence-corrected chi connectivity index (χ4v) is 1.97. The van der Waals surface area contributed by atoms with Crippen LogP contribution in [0, 0.1) is 6.92 Å². The first kappa shape index (κ1) is 16.3. The lowest BCUT2D eigenvalue weighted by Crippen LogP contribution is -2.40. The first-order valence-corrected chi connectivity index (χ1v) is 7.08. The summed E-state index contributed by atoms with van der Waals surface area (Å²) in [5.74, 6) is -0.133. The number of methoxy groups -OCH3 is 1. The molecule has 0 atom stereocenters. The van der Waals surface area contributed by atoms with Crippen molar-refractivity contribution in [2.24, 2.45) is 0 Å². The van der Waals surface area contributed by atoms with Crippen molar-refractivity contribution in [1.82, 2.24) is 10.9 Å². The topological polar surface area (TPSA) is 67.4 Å². The zero-order valence-electron chi connectivity index (χ0n) is 13.0. The molecule has 2 aromatic rings. The Labute approximate surface area is 134 Å². The second-order valence-corrected chi connectivity index (χ2v) is 4.89. The minimum Gasteiger partial charge on any atom is -0.496 e. The molecule has 0 saturated carbocycles. The minimum absolute atomic E-state index is 0.375. The number of nitrogens with one attached hydrogen (secondary N) is 2. The molecule has 118 valence electrons. The predicted octanol–water partition coefficient (Wildman–Crippen LogP) is 2.48. The van der Waals surface area contributed by atoms with Crippen molar-refractivity contribution < 1.29 is 14.3 Å². The van der Waals surface area contributed by atoms with Crippen LogP contribution in [0.2, 0.25) is 0 Å². The SMILES string of the molecule is COc1ccc(C)cc1/C=C/C(=O)NNC(=O)c1ccccc1. The van der Waals surface area contributed by atoms with Gasteiger partial charge in [-0.05, 0) is 37.3 Å². The van der Waals surface area contributed by atoms with E-state index in [1.54, 1.807) is 37.5 Å². The number of rotatable bonds is 4. The molecule has 2 rings (SSSR count). The quantitative estimate of drug-likeness (QED) is 0.673. The van der Waals surface area contributed by atoms with Gasteiger partial charge in [0.25, 0.3) is 11.8 Å². The van der Waals surface area contributed by atoms with Crippen molar-refractivity contribution in [3.8, 4) is 5.75 Å². The molecule has 0 aliphatic heterocycles. The summed E-state index contributed by atoms with van der Waals surface area (Å²) >= 11 is 0. The van der Waals surface area contributed by atoms with Crippen LogP contribution in [0.5, 0.6) is 5.75 Å². The lowest BCUT2D eigenvalue weighted by atomic mass is 10.1. The van der Waals surface area contributed by atoms with Crippen LogP contribution in [0.25, 0.3) is 6.08 Å². The fourth-order valence-electron chi connectivity index (χ4n) is 1.97. The second kappa shape index (κ2) is 7.79. The maximum absolute atomic E-state index is 11.8. The summed E-state index contributed by atoms with van der Waals surface area (Å²) in [6, 6.07) is 14.3. The maximum atomic E-state index is 11.8. The average Bonchev–Trinajstić information content (AvgIpc) is 2.58. The van der Waals surface area contributed by atoms with Gasteiger partial charge in [0.15, 0.2) is 0 Å². The Hall–Kier alpha value is -3.08. The number of carbonyl (C=O) groups is 2. The van der Waals surface area contributed by atoms with Gasteiger partial charge in [-0.2, -0.15) is 0 Å². The molecule has 0 radical (unpaired) electrons. The summed E-state index contributed by atoms with van der Waals surface area (Å²) in [6.07, 6.45) is 2.97. The number of amides is 2. The van der Waals surface area contributed by atoms with E-state index < -0.39 is 5.91 Å². The predicted molar refractivity (Wildman–Crippen MR) is 88.8 cm³/mol. The van der Waals surface area contributed by atoms with Gasteiger partial charge in [0, 0.05) is 17.2 Å². The summed E-state index contributed by atoms with van der Waals surface area (Å²) in [6.45, 7) is 1.96. The van der Waals surface area contributed by atoms with E-state index in [4.69, 9.17) is 4.74 Å². The van der Waals surface area contributed by atoms with Crippen LogP contribution in [-0.4, -0.2) is 18.9 Å². The molecule has 2 aromatic carbocycles. The van der Waals surface area contributed by atoms with E-state index in [9.17, 15) is 9.59 Å². The van der Waals surface area contributed by atoms with Gasteiger partial charge in [0.1, 0.15) is 5.75 Å². The highest BCUT2D eigenvalue weighted by molar-refractivity contribution is 5.98. The molecule has 0 bridgehead atoms. The lowest BCUT2D eigenvalue weighted by molar-refractivity contribution is -0.117. The Balaban J connectivity index is 1.95. The third-order valence-corrected chi connectivity index (χ3v) is 3.13. The summed E-state index contributed by atoms with van der Waals surface area (Å²) < 4.78 is 5.24. The monoisotopic (exact) mass is 310 g/mol. The van der Waals surface area contributed by atoms with Gasteiger partial charge in [-0.3, -0.25) is 20.4 Å². The summed E-state index contributed by atoms with van der Waals surface area (Å²) in [4.78, 5) is 23.6. The number of aryl methyl sites for hydroxylation is 1. The van der Waals surface area contributed by atoms with E-state index >= 15 is 0 Å². The Morgan fingerprint density at radius 2 is 1.78 bits per heavy atom. The van der Waals surface area contributed by atoms with E-state index in [2.05, 4.69) is 10.9 Å². The van der Waals surface area contributed by atoms with Crippen molar-refractivity contribution in [3.63, 3.8) is 0 Å². The van der Waals surface area contributed by atoms with Gasteiger partial charge in [-0.15, -0.1) is 0 Å². The van der Waals surface area contributed by atoms with Crippen LogP contribution in [0.15, 0.2) is 54.6 Å². The molecule has 0 fully saturated rings. The number of hydrogen-bond donors (Lipinski definition) is 2. The molecule has 2 N–H and O–H groups in total. The number of ether oxygens (including phenoxy) is 1. The Kier molecular flexibility index (Phi) is 5.52. The zero-order chi connectivity index (χ0) is 16.7. The van der Waals surface area contributed by atoms with E-state index in [-0.39, 0.29) is 5.91 Å². The normalized spacial score (nSPS) is 10.3. The molecule has 0 aliphatic rings. The van der Waals surface area contributed by atoms with Crippen molar-refractivity contribution in [1.29, 1.82) is 0 Å². The van der Waals surface area contributed by atoms with E-state index in [1.807, 2.05) is 31.2 Å². The molecule has 0 aromatic heterocycles. The lowest BCUT2D eigenvalue weighted by Gasteiger charge is -2.06. The second-order valence-electron chi connectivity index (χ2n) is 4.89. The molecule has 5 heteroatoms. The third kappa shape index (κ3) is 4.71. The Morgan fingerprint density at radius 1 is 1.04 bits per heavy atom. The third-order valence-electron chi connectivity index (χ3n) is 3.13. The zero-order valence-corrected chi connectivity index (χ0v) is 13.0. The molecular formula is C18H18N2O3. The van der Waals surface area contributed by atoms with Crippen LogP contribution >= 0.6 is 0 Å². The first-order chi connectivity index (χ1) is 11.1. The van der Waals surface area contributed by atoms with Crippen LogP contribution in [0.1, 0.15) is 21.5 Å². The number of hydrazine groups is 1. The van der Waals surface area contributed by atoms with Gasteiger partial charge < -0.3 is 4.74 Å². The molecule has 0 heterocycles. The highest BCUT2D eigenvalue weighted by Gasteiger charge is 2.05. The number of hydrogen-bond acceptors (Lipinski definition) is 3. The Bertz CT molecular complexity index is 724. The smallest absolute Gasteiger partial charge is 0.269 e. The molecular weight excluding hydrogens is 292 g/mol. The van der Waals surface area contributed by atoms with Crippen molar-refractivity contribution in [2.75, 3.05) is 7.11 Å². The van der Waals surface area contributed by atoms with E-state index in [0.29, 0.717) is 11.3 Å². The maximum Gasteiger partial charge on any atom is 0.269 e. The molecule has 0 unspecified atom stereocenters. The molecule has 0 aliphatic carbocycles. The van der Waals surface area contributed by atoms with Crippen LogP contribution in [0.3, 0.4) is 0 Å². The minimum atomic E-state index is -0.433. The van der Waals surface area contributed by atoms with Crippen molar-refractivity contribution >= 4 is 17.9 Å². The fraction of sp³-hybridized carbons (Fsp3) is 0.111. The van der Waals surface area contributed by atoms with Gasteiger partial charge >= 0.3 is 0 Å². The van der Waals surface area contributed by atoms with Gasteiger partial charge in [0.2, 0.25) is 0 Å². The summed E-state index contributed by atoms with van der Waals surface area (Å²) in [5, 5.41) is 0. The summed E-state index contributed by atoms with van der Waals surface area (Å²) in [7, 11) is 1.57.